The van der Waals surface area contributed by atoms with Gasteiger partial charge in [-0.2, -0.15) is 9.37 Å². The predicted molar refractivity (Wildman–Crippen MR) is 115 cm³/mol. The lowest BCUT2D eigenvalue weighted by Gasteiger charge is -2.36. The Hall–Kier alpha value is -1.97. The highest BCUT2D eigenvalue weighted by molar-refractivity contribution is 7.89. The first-order valence-corrected chi connectivity index (χ1v) is 11.7. The van der Waals surface area contributed by atoms with E-state index in [1.165, 1.54) is 5.56 Å². The number of hydrogen-bond acceptors (Lipinski definition) is 6. The van der Waals surface area contributed by atoms with Gasteiger partial charge in [0, 0.05) is 39.8 Å². The van der Waals surface area contributed by atoms with E-state index in [1.807, 2.05) is 42.5 Å². The van der Waals surface area contributed by atoms with Crippen molar-refractivity contribution < 1.29 is 18.0 Å². The maximum absolute atomic E-state index is 13.5. The van der Waals surface area contributed by atoms with E-state index in [1.54, 1.807) is 23.5 Å². The van der Waals surface area contributed by atoms with E-state index in [2.05, 4.69) is 17.0 Å². The van der Waals surface area contributed by atoms with Crippen molar-refractivity contribution in [3.63, 3.8) is 0 Å². The Kier molecular flexibility index (Phi) is 6.40. The number of ether oxygens (including phenoxy) is 1. The van der Waals surface area contributed by atoms with Crippen LogP contribution in [-0.4, -0.2) is 74.9 Å². The van der Waals surface area contributed by atoms with E-state index in [4.69, 9.17) is 9.57 Å². The predicted octanol–water partition coefficient (Wildman–Crippen LogP) is 2.13. The van der Waals surface area contributed by atoms with Crippen LogP contribution in [0, 0.1) is 0 Å². The van der Waals surface area contributed by atoms with Crippen LogP contribution in [0.2, 0.25) is 0 Å². The summed E-state index contributed by atoms with van der Waals surface area (Å²) in [6, 6.07) is 17.5. The van der Waals surface area contributed by atoms with Gasteiger partial charge in [-0.25, -0.2) is 8.42 Å². The molecule has 30 heavy (non-hydrogen) atoms. The maximum Gasteiger partial charge on any atom is 0.221 e. The molecule has 0 radical (unpaired) electrons. The van der Waals surface area contributed by atoms with Gasteiger partial charge in [0.2, 0.25) is 10.0 Å². The number of rotatable bonds is 6. The average Bonchev–Trinajstić information content (AvgIpc) is 3.17. The lowest BCUT2D eigenvalue weighted by Crippen LogP contribution is -2.51. The fourth-order valence-electron chi connectivity index (χ4n) is 4.27. The van der Waals surface area contributed by atoms with Crippen molar-refractivity contribution in [3.8, 4) is 5.75 Å². The van der Waals surface area contributed by atoms with Crippen LogP contribution in [0.4, 0.5) is 0 Å². The smallest absolute Gasteiger partial charge is 0.221 e. The Bertz CT molecular complexity index is 946. The van der Waals surface area contributed by atoms with E-state index in [-0.39, 0.29) is 12.6 Å². The van der Waals surface area contributed by atoms with Crippen molar-refractivity contribution in [2.75, 3.05) is 46.9 Å². The number of hydrogen-bond donors (Lipinski definition) is 0. The fourth-order valence-corrected chi connectivity index (χ4v) is 6.21. The fraction of sp³-hybridized carbons (Fsp3) is 0.455. The Balaban J connectivity index is 1.46. The number of nitrogens with zero attached hydrogens (tertiary/aromatic N) is 3. The van der Waals surface area contributed by atoms with Crippen molar-refractivity contribution in [1.82, 2.24) is 14.3 Å². The molecule has 2 fully saturated rings. The quantitative estimate of drug-likeness (QED) is 0.698. The molecule has 2 aromatic rings. The maximum atomic E-state index is 13.5. The van der Waals surface area contributed by atoms with E-state index in [9.17, 15) is 8.42 Å². The molecule has 2 unspecified atom stereocenters. The molecule has 0 amide bonds. The lowest BCUT2D eigenvalue weighted by molar-refractivity contribution is -0.110. The molecule has 2 aromatic carbocycles. The van der Waals surface area contributed by atoms with Crippen LogP contribution in [0.3, 0.4) is 0 Å². The molecule has 0 N–H and O–H groups in total. The first-order chi connectivity index (χ1) is 14.5. The van der Waals surface area contributed by atoms with Crippen LogP contribution >= 0.6 is 0 Å². The molecule has 0 spiro atoms. The summed E-state index contributed by atoms with van der Waals surface area (Å²) in [5.74, 6) is 0.707. The van der Waals surface area contributed by atoms with Crippen LogP contribution in [0.1, 0.15) is 17.2 Å². The molecule has 2 saturated heterocycles. The molecule has 162 valence electrons. The van der Waals surface area contributed by atoms with Gasteiger partial charge >= 0.3 is 0 Å². The number of sulfonamides is 1. The Morgan fingerprint density at radius 1 is 1.03 bits per heavy atom. The minimum atomic E-state index is -3.51. The van der Waals surface area contributed by atoms with Crippen LogP contribution < -0.4 is 4.74 Å². The van der Waals surface area contributed by atoms with Gasteiger partial charge in [-0.05, 0) is 23.3 Å². The minimum Gasteiger partial charge on any atom is -0.497 e. The Morgan fingerprint density at radius 2 is 1.77 bits per heavy atom. The molecule has 0 bridgehead atoms. The molecule has 2 aliphatic heterocycles. The highest BCUT2D eigenvalue weighted by atomic mass is 32.2. The molecular formula is C22H29N3O4S. The molecule has 8 heteroatoms. The second-order valence-electron chi connectivity index (χ2n) is 7.81. The van der Waals surface area contributed by atoms with Gasteiger partial charge in [0.1, 0.15) is 11.0 Å². The number of piperazine rings is 1. The van der Waals surface area contributed by atoms with Gasteiger partial charge < -0.3 is 4.74 Å². The Labute approximate surface area is 178 Å². The number of methoxy groups -OCH3 is 1. The molecule has 0 aliphatic carbocycles. The number of hydroxylamine groups is 2. The van der Waals surface area contributed by atoms with E-state index in [0.29, 0.717) is 18.8 Å². The monoisotopic (exact) mass is 431 g/mol. The summed E-state index contributed by atoms with van der Waals surface area (Å²) in [5.41, 5.74) is 2.13. The first kappa shape index (κ1) is 21.3. The van der Waals surface area contributed by atoms with Crippen LogP contribution in [0.5, 0.6) is 5.75 Å². The third-order valence-corrected chi connectivity index (χ3v) is 8.19. The minimum absolute atomic E-state index is 0.158. The van der Waals surface area contributed by atoms with Crippen LogP contribution in [0.15, 0.2) is 54.6 Å². The van der Waals surface area contributed by atoms with Gasteiger partial charge in [0.15, 0.2) is 0 Å². The van der Waals surface area contributed by atoms with Gasteiger partial charge in [-0.1, -0.05) is 42.5 Å². The molecule has 2 aliphatic rings. The van der Waals surface area contributed by atoms with Gasteiger partial charge in [0.05, 0.1) is 19.8 Å². The van der Waals surface area contributed by atoms with E-state index in [0.717, 1.165) is 25.2 Å². The average molecular weight is 432 g/mol. The largest absolute Gasteiger partial charge is 0.497 e. The number of benzene rings is 2. The van der Waals surface area contributed by atoms with Crippen molar-refractivity contribution in [3.05, 3.63) is 65.7 Å². The molecule has 0 aromatic heterocycles. The summed E-state index contributed by atoms with van der Waals surface area (Å²) in [5, 5.41) is 1.01. The van der Waals surface area contributed by atoms with Gasteiger partial charge in [-0.15, -0.1) is 0 Å². The zero-order valence-electron chi connectivity index (χ0n) is 17.5. The summed E-state index contributed by atoms with van der Waals surface area (Å²) >= 11 is 0. The molecule has 4 rings (SSSR count). The normalized spacial score (nSPS) is 24.2. The summed E-state index contributed by atoms with van der Waals surface area (Å²) in [6.45, 7) is 3.45. The molecule has 0 saturated carbocycles. The van der Waals surface area contributed by atoms with Gasteiger partial charge in [-0.3, -0.25) is 9.74 Å². The lowest BCUT2D eigenvalue weighted by atomic mass is 10.0. The van der Waals surface area contributed by atoms with Crippen molar-refractivity contribution in [2.45, 2.75) is 17.8 Å². The van der Waals surface area contributed by atoms with E-state index >= 15 is 0 Å². The molecule has 2 atom stereocenters. The molecular weight excluding hydrogens is 402 g/mol. The Morgan fingerprint density at radius 3 is 2.47 bits per heavy atom. The van der Waals surface area contributed by atoms with Gasteiger partial charge in [0.25, 0.3) is 0 Å². The molecule has 2 heterocycles. The summed E-state index contributed by atoms with van der Waals surface area (Å²) in [7, 11) is -0.111. The molecule has 7 nitrogen and oxygen atoms in total. The SMILES string of the molecule is COc1cccc(C2C(S(=O)(=O)N3CCN(Cc4ccccc4)CC3)CON2C)c1. The second-order valence-corrected chi connectivity index (χ2v) is 9.96. The third kappa shape index (κ3) is 4.38. The van der Waals surface area contributed by atoms with E-state index < -0.39 is 15.3 Å². The summed E-state index contributed by atoms with van der Waals surface area (Å²) < 4.78 is 34.0. The second kappa shape index (κ2) is 9.03. The summed E-state index contributed by atoms with van der Waals surface area (Å²) in [4.78, 5) is 7.96. The van der Waals surface area contributed by atoms with Crippen LogP contribution in [-0.2, 0) is 21.4 Å². The van der Waals surface area contributed by atoms with Crippen molar-refractivity contribution >= 4 is 10.0 Å². The zero-order valence-corrected chi connectivity index (χ0v) is 18.3. The summed E-state index contributed by atoms with van der Waals surface area (Å²) in [6.07, 6.45) is 0. The highest BCUT2D eigenvalue weighted by Crippen LogP contribution is 2.36. The van der Waals surface area contributed by atoms with Crippen molar-refractivity contribution in [1.29, 1.82) is 0 Å². The third-order valence-electron chi connectivity index (χ3n) is 5.94. The van der Waals surface area contributed by atoms with Crippen molar-refractivity contribution in [2.24, 2.45) is 0 Å². The zero-order chi connectivity index (χ0) is 21.1. The van der Waals surface area contributed by atoms with Crippen LogP contribution in [0.25, 0.3) is 0 Å². The topological polar surface area (TPSA) is 62.3 Å². The standard InChI is InChI=1S/C22H29N3O4S/c1-23-22(19-9-6-10-20(15-19)28-2)21(17-29-23)30(26,27)25-13-11-24(12-14-25)16-18-7-4-3-5-8-18/h3-10,15,21-22H,11-14,16-17H2,1-2H3. The first-order valence-electron chi connectivity index (χ1n) is 10.2. The highest BCUT2D eigenvalue weighted by Gasteiger charge is 2.46.